The average Bonchev–Trinajstić information content (AvgIpc) is 2.68. The number of hydrogen-bond acceptors (Lipinski definition) is 3. The van der Waals surface area contributed by atoms with Crippen LogP contribution in [0.15, 0.2) is 72.8 Å². The Morgan fingerprint density at radius 2 is 1.55 bits per heavy atom. The van der Waals surface area contributed by atoms with E-state index in [1.807, 2.05) is 49.4 Å². The molecule has 0 aromatic heterocycles. The highest BCUT2D eigenvalue weighted by atomic mass is 32.2. The van der Waals surface area contributed by atoms with Crippen molar-refractivity contribution < 1.29 is 13.2 Å². The number of carbonyl (C=O) groups is 1. The van der Waals surface area contributed by atoms with E-state index in [-0.39, 0.29) is 11.9 Å². The summed E-state index contributed by atoms with van der Waals surface area (Å²) in [5.74, 6) is -0.283. The van der Waals surface area contributed by atoms with Gasteiger partial charge in [0.1, 0.15) is 0 Å². The predicted molar refractivity (Wildman–Crippen MR) is 117 cm³/mol. The van der Waals surface area contributed by atoms with Crippen LogP contribution in [0.5, 0.6) is 0 Å². The first kappa shape index (κ1) is 20.6. The summed E-state index contributed by atoms with van der Waals surface area (Å²) in [6, 6.07) is 22.0. The normalized spacial score (nSPS) is 12.2. The van der Waals surface area contributed by atoms with Gasteiger partial charge in [0.05, 0.1) is 12.3 Å². The number of hydrogen-bond donors (Lipinski definition) is 2. The molecule has 0 spiro atoms. The lowest BCUT2D eigenvalue weighted by Crippen LogP contribution is -2.29. The van der Waals surface area contributed by atoms with Gasteiger partial charge in [0, 0.05) is 11.3 Å². The number of benzene rings is 3. The zero-order chi connectivity index (χ0) is 21.0. The molecular formula is C23H24N2O3S. The van der Waals surface area contributed by atoms with Crippen LogP contribution in [0.25, 0.3) is 0 Å². The molecule has 0 aliphatic rings. The van der Waals surface area contributed by atoms with Crippen molar-refractivity contribution in [2.24, 2.45) is 0 Å². The van der Waals surface area contributed by atoms with Crippen LogP contribution in [-0.2, 0) is 10.0 Å². The van der Waals surface area contributed by atoms with E-state index < -0.39 is 10.0 Å². The Morgan fingerprint density at radius 3 is 2.21 bits per heavy atom. The van der Waals surface area contributed by atoms with Gasteiger partial charge < -0.3 is 5.32 Å². The summed E-state index contributed by atoms with van der Waals surface area (Å²) in [7, 11) is -3.42. The van der Waals surface area contributed by atoms with Crippen LogP contribution in [0.2, 0.25) is 0 Å². The van der Waals surface area contributed by atoms with E-state index in [2.05, 4.69) is 23.0 Å². The Labute approximate surface area is 171 Å². The Kier molecular flexibility index (Phi) is 6.03. The van der Waals surface area contributed by atoms with Gasteiger partial charge in [0.25, 0.3) is 5.91 Å². The lowest BCUT2D eigenvalue weighted by molar-refractivity contribution is 0.0943. The van der Waals surface area contributed by atoms with Crippen molar-refractivity contribution in [1.82, 2.24) is 5.32 Å². The first-order valence-corrected chi connectivity index (χ1v) is 11.1. The van der Waals surface area contributed by atoms with Crippen LogP contribution in [0, 0.1) is 13.8 Å². The van der Waals surface area contributed by atoms with Crippen molar-refractivity contribution in [1.29, 1.82) is 0 Å². The Bertz CT molecular complexity index is 1130. The molecule has 6 heteroatoms. The summed E-state index contributed by atoms with van der Waals surface area (Å²) in [6.45, 7) is 4.10. The molecule has 150 valence electrons. The van der Waals surface area contributed by atoms with E-state index in [4.69, 9.17) is 0 Å². The number of rotatable bonds is 6. The molecule has 3 aromatic rings. The average molecular weight is 409 g/mol. The third-order valence-electron chi connectivity index (χ3n) is 4.70. The summed E-state index contributed by atoms with van der Waals surface area (Å²) < 4.78 is 25.4. The second-order valence-corrected chi connectivity index (χ2v) is 8.86. The van der Waals surface area contributed by atoms with Crippen LogP contribution in [-0.4, -0.2) is 20.6 Å². The van der Waals surface area contributed by atoms with Crippen molar-refractivity contribution >= 4 is 21.6 Å². The molecule has 0 aliphatic carbocycles. The minimum absolute atomic E-state index is 0.283. The molecule has 29 heavy (non-hydrogen) atoms. The number of sulfonamides is 1. The third-order valence-corrected chi connectivity index (χ3v) is 5.31. The maximum absolute atomic E-state index is 13.0. The van der Waals surface area contributed by atoms with Crippen LogP contribution in [0.1, 0.15) is 38.7 Å². The molecule has 3 rings (SSSR count). The van der Waals surface area contributed by atoms with Crippen molar-refractivity contribution in [3.05, 3.63) is 101 Å². The van der Waals surface area contributed by atoms with E-state index in [1.165, 1.54) is 11.6 Å². The Morgan fingerprint density at radius 1 is 0.828 bits per heavy atom. The summed E-state index contributed by atoms with van der Waals surface area (Å²) in [6.07, 6.45) is 1.07. The molecule has 3 aromatic carbocycles. The van der Waals surface area contributed by atoms with Crippen molar-refractivity contribution in [2.75, 3.05) is 11.0 Å². The SMILES string of the molecule is Cc1ccc([C@H](NC(=O)c2cccc(NS(C)(=O)=O)c2)c2ccccc2)cc1C. The van der Waals surface area contributed by atoms with E-state index in [9.17, 15) is 13.2 Å². The minimum atomic E-state index is -3.42. The third kappa shape index (κ3) is 5.45. The standard InChI is InChI=1S/C23H24N2O3S/c1-16-12-13-19(14-17(16)2)22(18-8-5-4-6-9-18)24-23(26)20-10-7-11-21(15-20)25-29(3,27)28/h4-15,22,25H,1-3H3,(H,24,26)/t22-/m1/s1. The van der Waals surface area contributed by atoms with Crippen LogP contribution in [0.4, 0.5) is 5.69 Å². The number of anilines is 1. The first-order chi connectivity index (χ1) is 13.7. The largest absolute Gasteiger partial charge is 0.341 e. The monoisotopic (exact) mass is 408 g/mol. The van der Waals surface area contributed by atoms with Crippen molar-refractivity contribution in [3.63, 3.8) is 0 Å². The van der Waals surface area contributed by atoms with Gasteiger partial charge in [0.15, 0.2) is 0 Å². The Balaban J connectivity index is 1.93. The van der Waals surface area contributed by atoms with Gasteiger partial charge in [-0.3, -0.25) is 9.52 Å². The lowest BCUT2D eigenvalue weighted by Gasteiger charge is -2.21. The molecule has 0 bridgehead atoms. The topological polar surface area (TPSA) is 75.3 Å². The number of nitrogens with one attached hydrogen (secondary N) is 2. The molecule has 0 unspecified atom stereocenters. The lowest BCUT2D eigenvalue weighted by atomic mass is 9.95. The van der Waals surface area contributed by atoms with Gasteiger partial charge in [-0.15, -0.1) is 0 Å². The van der Waals surface area contributed by atoms with Gasteiger partial charge in [-0.25, -0.2) is 8.42 Å². The van der Waals surface area contributed by atoms with Crippen LogP contribution in [0.3, 0.4) is 0 Å². The molecule has 1 atom stereocenters. The van der Waals surface area contributed by atoms with Crippen molar-refractivity contribution in [2.45, 2.75) is 19.9 Å². The molecule has 0 aliphatic heterocycles. The fraction of sp³-hybridized carbons (Fsp3) is 0.174. The summed E-state index contributed by atoms with van der Waals surface area (Å²) in [5.41, 5.74) is 5.02. The maximum Gasteiger partial charge on any atom is 0.252 e. The second kappa shape index (κ2) is 8.49. The summed E-state index contributed by atoms with van der Waals surface area (Å²) in [4.78, 5) is 13.0. The molecule has 1 amide bonds. The molecule has 0 saturated heterocycles. The molecule has 2 N–H and O–H groups in total. The van der Waals surface area contributed by atoms with Crippen molar-refractivity contribution in [3.8, 4) is 0 Å². The van der Waals surface area contributed by atoms with Gasteiger partial charge in [-0.05, 0) is 54.3 Å². The second-order valence-electron chi connectivity index (χ2n) is 7.12. The fourth-order valence-electron chi connectivity index (χ4n) is 3.10. The van der Waals surface area contributed by atoms with E-state index in [0.29, 0.717) is 11.3 Å². The van der Waals surface area contributed by atoms with E-state index >= 15 is 0 Å². The van der Waals surface area contributed by atoms with E-state index in [1.54, 1.807) is 18.2 Å². The van der Waals surface area contributed by atoms with Crippen LogP contribution >= 0.6 is 0 Å². The highest BCUT2D eigenvalue weighted by molar-refractivity contribution is 7.92. The Hall–Kier alpha value is -3.12. The highest BCUT2D eigenvalue weighted by Gasteiger charge is 2.18. The smallest absolute Gasteiger partial charge is 0.252 e. The quantitative estimate of drug-likeness (QED) is 0.642. The first-order valence-electron chi connectivity index (χ1n) is 9.24. The molecular weight excluding hydrogens is 384 g/mol. The fourth-order valence-corrected chi connectivity index (χ4v) is 3.66. The summed E-state index contributed by atoms with van der Waals surface area (Å²) >= 11 is 0. The predicted octanol–water partition coefficient (Wildman–Crippen LogP) is 4.19. The summed E-state index contributed by atoms with van der Waals surface area (Å²) in [5, 5.41) is 3.09. The number of carbonyl (C=O) groups excluding carboxylic acids is 1. The number of aryl methyl sites for hydroxylation is 2. The van der Waals surface area contributed by atoms with Gasteiger partial charge >= 0.3 is 0 Å². The van der Waals surface area contributed by atoms with Gasteiger partial charge in [-0.2, -0.15) is 0 Å². The minimum Gasteiger partial charge on any atom is -0.341 e. The maximum atomic E-state index is 13.0. The highest BCUT2D eigenvalue weighted by Crippen LogP contribution is 2.25. The van der Waals surface area contributed by atoms with Gasteiger partial charge in [0.2, 0.25) is 10.0 Å². The van der Waals surface area contributed by atoms with Crippen LogP contribution < -0.4 is 10.0 Å². The molecule has 5 nitrogen and oxygen atoms in total. The molecule has 0 radical (unpaired) electrons. The van der Waals surface area contributed by atoms with Gasteiger partial charge in [-0.1, -0.05) is 54.6 Å². The number of amides is 1. The zero-order valence-corrected chi connectivity index (χ0v) is 17.5. The van der Waals surface area contributed by atoms with E-state index in [0.717, 1.165) is 22.9 Å². The zero-order valence-electron chi connectivity index (χ0n) is 16.6. The molecule has 0 saturated carbocycles. The molecule has 0 fully saturated rings. The molecule has 0 heterocycles.